The average Bonchev–Trinajstić information content (AvgIpc) is 3.23. The predicted octanol–water partition coefficient (Wildman–Crippen LogP) is 5.49. The molecule has 0 saturated heterocycles. The summed E-state index contributed by atoms with van der Waals surface area (Å²) in [5.74, 6) is 0.178. The SMILES string of the molecule is Cc1cc(C)c(NC(=O)CN(C)C(=O)c2ccccc2CSc2nc3ccccc3[nH]2)c(C)c1. The number of hydrogen-bond acceptors (Lipinski definition) is 4. The number of rotatable bonds is 7. The van der Waals surface area contributed by atoms with Crippen LogP contribution >= 0.6 is 11.8 Å². The van der Waals surface area contributed by atoms with Crippen molar-refractivity contribution in [2.45, 2.75) is 31.7 Å². The van der Waals surface area contributed by atoms with Gasteiger partial charge in [0.05, 0.1) is 17.6 Å². The second-order valence-corrected chi connectivity index (χ2v) is 9.45. The normalized spacial score (nSPS) is 10.9. The highest BCUT2D eigenvalue weighted by molar-refractivity contribution is 7.98. The molecule has 0 aliphatic heterocycles. The molecular weight excluding hydrogens is 444 g/mol. The van der Waals surface area contributed by atoms with E-state index in [1.54, 1.807) is 24.9 Å². The number of likely N-dealkylation sites (N-methyl/N-ethyl adjacent to an activating group) is 1. The van der Waals surface area contributed by atoms with E-state index in [1.165, 1.54) is 4.90 Å². The number of aromatic amines is 1. The number of nitrogens with one attached hydrogen (secondary N) is 2. The number of thioether (sulfide) groups is 1. The van der Waals surface area contributed by atoms with E-state index in [0.29, 0.717) is 11.3 Å². The Hall–Kier alpha value is -3.58. The molecule has 1 aromatic heterocycles. The molecular formula is C27H28N4O2S. The Morgan fingerprint density at radius 1 is 1.00 bits per heavy atom. The van der Waals surface area contributed by atoms with Crippen LogP contribution in [0.5, 0.6) is 0 Å². The van der Waals surface area contributed by atoms with Crippen molar-refractivity contribution in [2.24, 2.45) is 0 Å². The van der Waals surface area contributed by atoms with Gasteiger partial charge in [-0.15, -0.1) is 0 Å². The van der Waals surface area contributed by atoms with Crippen molar-refractivity contribution in [1.82, 2.24) is 14.9 Å². The molecule has 6 nitrogen and oxygen atoms in total. The Balaban J connectivity index is 1.42. The lowest BCUT2D eigenvalue weighted by atomic mass is 10.1. The first-order valence-corrected chi connectivity index (χ1v) is 12.1. The summed E-state index contributed by atoms with van der Waals surface area (Å²) in [4.78, 5) is 35.3. The number of fused-ring (bicyclic) bond motifs is 1. The third kappa shape index (κ3) is 5.31. The number of imidazole rings is 1. The standard InChI is InChI=1S/C27H28N4O2S/c1-17-13-18(2)25(19(3)14-17)30-24(32)15-31(4)26(33)21-10-6-5-9-20(21)16-34-27-28-22-11-7-8-12-23(22)29-27/h5-14H,15-16H2,1-4H3,(H,28,29)(H,30,32). The molecule has 0 fully saturated rings. The minimum atomic E-state index is -0.222. The van der Waals surface area contributed by atoms with Crippen molar-refractivity contribution in [3.63, 3.8) is 0 Å². The summed E-state index contributed by atoms with van der Waals surface area (Å²) in [6.45, 7) is 5.94. The van der Waals surface area contributed by atoms with Crippen molar-refractivity contribution < 1.29 is 9.59 Å². The molecule has 0 aliphatic rings. The maximum atomic E-state index is 13.2. The highest BCUT2D eigenvalue weighted by atomic mass is 32.2. The van der Waals surface area contributed by atoms with E-state index in [2.05, 4.69) is 15.3 Å². The summed E-state index contributed by atoms with van der Waals surface area (Å²) in [5, 5.41) is 3.77. The van der Waals surface area contributed by atoms with Gasteiger partial charge in [-0.2, -0.15) is 0 Å². The van der Waals surface area contributed by atoms with Crippen LogP contribution in [0.4, 0.5) is 5.69 Å². The highest BCUT2D eigenvalue weighted by Crippen LogP contribution is 2.25. The van der Waals surface area contributed by atoms with Gasteiger partial charge >= 0.3 is 0 Å². The quantitative estimate of drug-likeness (QED) is 0.349. The van der Waals surface area contributed by atoms with Crippen molar-refractivity contribution in [1.29, 1.82) is 0 Å². The predicted molar refractivity (Wildman–Crippen MR) is 138 cm³/mol. The maximum Gasteiger partial charge on any atom is 0.254 e. The van der Waals surface area contributed by atoms with E-state index in [1.807, 2.05) is 75.4 Å². The number of aryl methyl sites for hydroxylation is 3. The van der Waals surface area contributed by atoms with E-state index in [0.717, 1.165) is 44.1 Å². The first-order valence-electron chi connectivity index (χ1n) is 11.1. The van der Waals surface area contributed by atoms with E-state index < -0.39 is 0 Å². The Labute approximate surface area is 203 Å². The Morgan fingerprint density at radius 3 is 2.41 bits per heavy atom. The monoisotopic (exact) mass is 472 g/mol. The summed E-state index contributed by atoms with van der Waals surface area (Å²) in [6, 6.07) is 19.5. The van der Waals surface area contributed by atoms with Crippen molar-refractivity contribution in [3.05, 3.63) is 88.5 Å². The van der Waals surface area contributed by atoms with Crippen LogP contribution in [-0.2, 0) is 10.5 Å². The molecule has 0 unspecified atom stereocenters. The zero-order valence-electron chi connectivity index (χ0n) is 19.8. The third-order valence-corrected chi connectivity index (χ3v) is 6.57. The Bertz CT molecular complexity index is 1310. The molecule has 1 heterocycles. The van der Waals surface area contributed by atoms with Crippen LogP contribution in [0.25, 0.3) is 11.0 Å². The van der Waals surface area contributed by atoms with Crippen molar-refractivity contribution in [3.8, 4) is 0 Å². The van der Waals surface area contributed by atoms with Gasteiger partial charge in [-0.05, 0) is 55.7 Å². The summed E-state index contributed by atoms with van der Waals surface area (Å²) < 4.78 is 0. The van der Waals surface area contributed by atoms with Crippen molar-refractivity contribution >= 4 is 40.3 Å². The molecule has 174 valence electrons. The Kier molecular flexibility index (Phi) is 7.03. The Morgan fingerprint density at radius 2 is 1.68 bits per heavy atom. The van der Waals surface area contributed by atoms with Gasteiger partial charge in [-0.3, -0.25) is 9.59 Å². The van der Waals surface area contributed by atoms with Gasteiger partial charge in [0.15, 0.2) is 5.16 Å². The van der Waals surface area contributed by atoms with Gasteiger partial charge in [0.2, 0.25) is 5.91 Å². The van der Waals surface area contributed by atoms with Crippen molar-refractivity contribution in [2.75, 3.05) is 18.9 Å². The number of carbonyl (C=O) groups is 2. The second-order valence-electron chi connectivity index (χ2n) is 8.49. The minimum absolute atomic E-state index is 0.0311. The molecule has 4 aromatic rings. The van der Waals surface area contributed by atoms with Gasteiger partial charge < -0.3 is 15.2 Å². The van der Waals surface area contributed by atoms with Crippen LogP contribution in [0.1, 0.15) is 32.6 Å². The van der Waals surface area contributed by atoms with Gasteiger partial charge in [0.25, 0.3) is 5.91 Å². The fourth-order valence-corrected chi connectivity index (χ4v) is 4.94. The van der Waals surface area contributed by atoms with Gasteiger partial charge in [-0.25, -0.2) is 4.98 Å². The summed E-state index contributed by atoms with van der Waals surface area (Å²) >= 11 is 1.55. The van der Waals surface area contributed by atoms with Gasteiger partial charge in [-0.1, -0.05) is 59.8 Å². The number of aromatic nitrogens is 2. The van der Waals surface area contributed by atoms with E-state index >= 15 is 0 Å². The molecule has 0 aliphatic carbocycles. The molecule has 0 bridgehead atoms. The van der Waals surface area contributed by atoms with Crippen LogP contribution < -0.4 is 5.32 Å². The average molecular weight is 473 g/mol. The first kappa shape index (κ1) is 23.6. The molecule has 0 saturated carbocycles. The lowest BCUT2D eigenvalue weighted by Crippen LogP contribution is -2.35. The first-order chi connectivity index (χ1) is 16.3. The van der Waals surface area contributed by atoms with Crippen LogP contribution in [0.2, 0.25) is 0 Å². The van der Waals surface area contributed by atoms with Crippen LogP contribution in [-0.4, -0.2) is 40.3 Å². The van der Waals surface area contributed by atoms with E-state index in [4.69, 9.17) is 0 Å². The summed E-state index contributed by atoms with van der Waals surface area (Å²) in [5.41, 5.74) is 7.36. The smallest absolute Gasteiger partial charge is 0.254 e. The topological polar surface area (TPSA) is 78.1 Å². The molecule has 0 radical (unpaired) electrons. The van der Waals surface area contributed by atoms with Gasteiger partial charge in [0.1, 0.15) is 0 Å². The van der Waals surface area contributed by atoms with Crippen LogP contribution in [0.3, 0.4) is 0 Å². The number of carbonyl (C=O) groups excluding carboxylic acids is 2. The zero-order chi connectivity index (χ0) is 24.2. The zero-order valence-corrected chi connectivity index (χ0v) is 20.6. The van der Waals surface area contributed by atoms with E-state index in [-0.39, 0.29) is 18.4 Å². The fraction of sp³-hybridized carbons (Fsp3) is 0.222. The molecule has 34 heavy (non-hydrogen) atoms. The summed E-state index contributed by atoms with van der Waals surface area (Å²) in [7, 11) is 1.65. The number of hydrogen-bond donors (Lipinski definition) is 2. The molecule has 0 spiro atoms. The second kappa shape index (κ2) is 10.1. The molecule has 4 rings (SSSR count). The van der Waals surface area contributed by atoms with E-state index in [9.17, 15) is 9.59 Å². The molecule has 2 amide bonds. The fourth-order valence-electron chi connectivity index (χ4n) is 4.05. The lowest BCUT2D eigenvalue weighted by Gasteiger charge is -2.20. The lowest BCUT2D eigenvalue weighted by molar-refractivity contribution is -0.116. The summed E-state index contributed by atoms with van der Waals surface area (Å²) in [6.07, 6.45) is 0. The maximum absolute atomic E-state index is 13.2. The number of nitrogens with zero attached hydrogens (tertiary/aromatic N) is 2. The largest absolute Gasteiger partial charge is 0.333 e. The molecule has 2 N–H and O–H groups in total. The number of anilines is 1. The van der Waals surface area contributed by atoms with Gasteiger partial charge in [0, 0.05) is 24.1 Å². The minimum Gasteiger partial charge on any atom is -0.333 e. The number of H-pyrrole nitrogens is 1. The highest BCUT2D eigenvalue weighted by Gasteiger charge is 2.19. The number of para-hydroxylation sites is 2. The number of benzene rings is 3. The molecule has 0 atom stereocenters. The molecule has 3 aromatic carbocycles. The molecule has 7 heteroatoms. The van der Waals surface area contributed by atoms with Crippen LogP contribution in [0, 0.1) is 20.8 Å². The third-order valence-electron chi connectivity index (χ3n) is 5.65. The van der Waals surface area contributed by atoms with Crippen LogP contribution in [0.15, 0.2) is 65.8 Å². The number of amides is 2.